The molecule has 0 aromatic heterocycles. The largest absolute Gasteiger partial charge is 0.507 e. The summed E-state index contributed by atoms with van der Waals surface area (Å²) in [6.45, 7) is 4.15. The first kappa shape index (κ1) is 14.1. The highest BCUT2D eigenvalue weighted by atomic mass is 16.3. The van der Waals surface area contributed by atoms with Gasteiger partial charge < -0.3 is 5.11 Å². The second kappa shape index (κ2) is 5.90. The van der Waals surface area contributed by atoms with E-state index in [9.17, 15) is 5.11 Å². The molecule has 3 nitrogen and oxygen atoms in total. The zero-order valence-corrected chi connectivity index (χ0v) is 12.7. The third-order valence-corrected chi connectivity index (χ3v) is 3.84. The molecule has 3 aromatic carbocycles. The maximum atomic E-state index is 10.1. The molecule has 0 unspecified atom stereocenters. The van der Waals surface area contributed by atoms with E-state index in [1.54, 1.807) is 12.3 Å². The van der Waals surface area contributed by atoms with Gasteiger partial charge in [0.1, 0.15) is 5.75 Å². The lowest BCUT2D eigenvalue weighted by Gasteiger charge is -2.06. The van der Waals surface area contributed by atoms with Gasteiger partial charge in [-0.3, -0.25) is 5.43 Å². The molecule has 0 atom stereocenters. The Labute approximate surface area is 129 Å². The van der Waals surface area contributed by atoms with Crippen molar-refractivity contribution in [3.63, 3.8) is 0 Å². The third kappa shape index (κ3) is 2.79. The first-order valence-electron chi connectivity index (χ1n) is 7.22. The third-order valence-electron chi connectivity index (χ3n) is 3.84. The Kier molecular flexibility index (Phi) is 3.79. The van der Waals surface area contributed by atoms with E-state index in [1.165, 1.54) is 11.1 Å². The fraction of sp³-hybridized carbons (Fsp3) is 0.105. The van der Waals surface area contributed by atoms with E-state index in [-0.39, 0.29) is 5.75 Å². The van der Waals surface area contributed by atoms with Gasteiger partial charge in [-0.1, -0.05) is 36.4 Å². The standard InChI is InChI=1S/C19H18N2O/c1-13-7-9-16(11-14(13)2)21-20-12-18-17-6-4-3-5-15(17)8-10-19(18)22/h3-12,21-22H,1-2H3. The minimum absolute atomic E-state index is 0.226. The van der Waals surface area contributed by atoms with E-state index in [0.717, 1.165) is 22.0 Å². The summed E-state index contributed by atoms with van der Waals surface area (Å²) in [4.78, 5) is 0. The van der Waals surface area contributed by atoms with E-state index >= 15 is 0 Å². The Morgan fingerprint density at radius 1 is 0.955 bits per heavy atom. The smallest absolute Gasteiger partial charge is 0.125 e. The van der Waals surface area contributed by atoms with Gasteiger partial charge in [0.05, 0.1) is 11.9 Å². The van der Waals surface area contributed by atoms with E-state index in [4.69, 9.17) is 0 Å². The minimum Gasteiger partial charge on any atom is -0.507 e. The van der Waals surface area contributed by atoms with Gasteiger partial charge in [-0.2, -0.15) is 5.10 Å². The lowest BCUT2D eigenvalue weighted by atomic mass is 10.0. The molecule has 0 aliphatic carbocycles. The van der Waals surface area contributed by atoms with Crippen LogP contribution in [0.4, 0.5) is 5.69 Å². The number of phenols is 1. The van der Waals surface area contributed by atoms with Crippen molar-refractivity contribution in [2.75, 3.05) is 5.43 Å². The maximum Gasteiger partial charge on any atom is 0.125 e. The van der Waals surface area contributed by atoms with Crippen molar-refractivity contribution < 1.29 is 5.11 Å². The van der Waals surface area contributed by atoms with Crippen LogP contribution in [0.15, 0.2) is 59.7 Å². The molecule has 0 spiro atoms. The molecule has 0 fully saturated rings. The van der Waals surface area contributed by atoms with Crippen LogP contribution in [0, 0.1) is 13.8 Å². The first-order chi connectivity index (χ1) is 10.6. The van der Waals surface area contributed by atoms with Crippen molar-refractivity contribution in [2.45, 2.75) is 13.8 Å². The molecule has 110 valence electrons. The maximum absolute atomic E-state index is 10.1. The molecule has 0 radical (unpaired) electrons. The normalized spacial score (nSPS) is 11.2. The van der Waals surface area contributed by atoms with Crippen molar-refractivity contribution in [1.29, 1.82) is 0 Å². The molecule has 2 N–H and O–H groups in total. The van der Waals surface area contributed by atoms with Crippen molar-refractivity contribution in [1.82, 2.24) is 0 Å². The summed E-state index contributed by atoms with van der Waals surface area (Å²) >= 11 is 0. The summed E-state index contributed by atoms with van der Waals surface area (Å²) in [7, 11) is 0. The average Bonchev–Trinajstić information content (AvgIpc) is 2.53. The fourth-order valence-corrected chi connectivity index (χ4v) is 2.40. The summed E-state index contributed by atoms with van der Waals surface area (Å²) in [6, 6.07) is 17.6. The number of fused-ring (bicyclic) bond motifs is 1. The van der Waals surface area contributed by atoms with Gasteiger partial charge in [0.2, 0.25) is 0 Å². The van der Waals surface area contributed by atoms with Crippen LogP contribution < -0.4 is 5.43 Å². The van der Waals surface area contributed by atoms with Gasteiger partial charge in [-0.15, -0.1) is 0 Å². The number of hydrogen-bond donors (Lipinski definition) is 2. The summed E-state index contributed by atoms with van der Waals surface area (Å²) < 4.78 is 0. The summed E-state index contributed by atoms with van der Waals surface area (Å²) in [5.74, 6) is 0.226. The lowest BCUT2D eigenvalue weighted by Crippen LogP contribution is -1.93. The molecule has 22 heavy (non-hydrogen) atoms. The number of aromatic hydroxyl groups is 1. The Bertz CT molecular complexity index is 853. The molecular weight excluding hydrogens is 272 g/mol. The van der Waals surface area contributed by atoms with E-state index < -0.39 is 0 Å². The molecule has 0 saturated carbocycles. The molecule has 0 aliphatic heterocycles. The molecule has 3 aromatic rings. The molecule has 0 amide bonds. The number of nitrogens with one attached hydrogen (secondary N) is 1. The minimum atomic E-state index is 0.226. The average molecular weight is 290 g/mol. The summed E-state index contributed by atoms with van der Waals surface area (Å²) in [5, 5.41) is 16.4. The Balaban J connectivity index is 1.89. The Morgan fingerprint density at radius 3 is 2.59 bits per heavy atom. The monoisotopic (exact) mass is 290 g/mol. The lowest BCUT2D eigenvalue weighted by molar-refractivity contribution is 0.475. The highest BCUT2D eigenvalue weighted by Gasteiger charge is 2.04. The highest BCUT2D eigenvalue weighted by molar-refractivity contribution is 6.02. The van der Waals surface area contributed by atoms with Crippen LogP contribution in [-0.2, 0) is 0 Å². The van der Waals surface area contributed by atoms with Gasteiger partial charge in [0.25, 0.3) is 0 Å². The van der Waals surface area contributed by atoms with Crippen LogP contribution in [0.3, 0.4) is 0 Å². The second-order valence-corrected chi connectivity index (χ2v) is 5.39. The summed E-state index contributed by atoms with van der Waals surface area (Å²) in [6.07, 6.45) is 1.66. The number of aryl methyl sites for hydroxylation is 2. The predicted octanol–water partition coefficient (Wildman–Crippen LogP) is 4.61. The Hall–Kier alpha value is -2.81. The molecular formula is C19H18N2O. The number of hydrogen-bond acceptors (Lipinski definition) is 3. The van der Waals surface area contributed by atoms with E-state index in [1.807, 2.05) is 36.4 Å². The number of hydrazone groups is 1. The van der Waals surface area contributed by atoms with Crippen LogP contribution >= 0.6 is 0 Å². The Morgan fingerprint density at radius 2 is 1.77 bits per heavy atom. The summed E-state index contributed by atoms with van der Waals surface area (Å²) in [5.41, 5.74) is 7.13. The molecule has 3 heteroatoms. The van der Waals surface area contributed by atoms with Crippen LogP contribution in [0.5, 0.6) is 5.75 Å². The zero-order chi connectivity index (χ0) is 15.5. The van der Waals surface area contributed by atoms with Gasteiger partial charge in [-0.05, 0) is 53.9 Å². The van der Waals surface area contributed by atoms with Crippen molar-refractivity contribution in [3.8, 4) is 5.75 Å². The molecule has 0 saturated heterocycles. The zero-order valence-electron chi connectivity index (χ0n) is 12.7. The van der Waals surface area contributed by atoms with Gasteiger partial charge in [0.15, 0.2) is 0 Å². The van der Waals surface area contributed by atoms with Crippen LogP contribution in [0.1, 0.15) is 16.7 Å². The topological polar surface area (TPSA) is 44.6 Å². The van der Waals surface area contributed by atoms with Crippen molar-refractivity contribution in [3.05, 3.63) is 71.3 Å². The van der Waals surface area contributed by atoms with Crippen molar-refractivity contribution in [2.24, 2.45) is 5.10 Å². The first-order valence-corrected chi connectivity index (χ1v) is 7.22. The quantitative estimate of drug-likeness (QED) is 0.546. The van der Waals surface area contributed by atoms with Gasteiger partial charge in [0, 0.05) is 5.56 Å². The fourth-order valence-electron chi connectivity index (χ4n) is 2.40. The van der Waals surface area contributed by atoms with Gasteiger partial charge in [-0.25, -0.2) is 0 Å². The van der Waals surface area contributed by atoms with Crippen molar-refractivity contribution >= 4 is 22.7 Å². The van der Waals surface area contributed by atoms with Crippen LogP contribution in [0.25, 0.3) is 10.8 Å². The number of phenolic OH excluding ortho intramolecular Hbond substituents is 1. The highest BCUT2D eigenvalue weighted by Crippen LogP contribution is 2.25. The number of rotatable bonds is 3. The molecule has 0 bridgehead atoms. The van der Waals surface area contributed by atoms with Crippen LogP contribution in [0.2, 0.25) is 0 Å². The number of anilines is 1. The number of nitrogens with zero attached hydrogens (tertiary/aromatic N) is 1. The molecule has 0 aliphatic rings. The predicted molar refractivity (Wildman–Crippen MR) is 92.7 cm³/mol. The number of benzene rings is 3. The SMILES string of the molecule is Cc1ccc(NN=Cc2c(O)ccc3ccccc23)cc1C. The molecule has 3 rings (SSSR count). The second-order valence-electron chi connectivity index (χ2n) is 5.39. The van der Waals surface area contributed by atoms with E-state index in [2.05, 4.69) is 36.5 Å². The van der Waals surface area contributed by atoms with Gasteiger partial charge >= 0.3 is 0 Å². The molecule has 0 heterocycles. The van der Waals surface area contributed by atoms with Crippen LogP contribution in [-0.4, -0.2) is 11.3 Å². The van der Waals surface area contributed by atoms with E-state index in [0.29, 0.717) is 0 Å².